The van der Waals surface area contributed by atoms with Crippen LogP contribution in [0.1, 0.15) is 12.0 Å². The second-order valence-corrected chi connectivity index (χ2v) is 4.87. The Morgan fingerprint density at radius 2 is 2.04 bits per heavy atom. The van der Waals surface area contributed by atoms with Crippen LogP contribution < -0.4 is 9.47 Å². The molecule has 8 nitrogen and oxygen atoms in total. The molecule has 23 heavy (non-hydrogen) atoms. The van der Waals surface area contributed by atoms with Gasteiger partial charge in [0.15, 0.2) is 11.5 Å². The number of benzene rings is 1. The second-order valence-electron chi connectivity index (χ2n) is 4.87. The largest absolute Gasteiger partial charge is 0.454 e. The molecular formula is C15H12N2O6. The van der Waals surface area contributed by atoms with Gasteiger partial charge in [0.05, 0.1) is 16.6 Å². The fourth-order valence-electron chi connectivity index (χ4n) is 2.30. The third-order valence-electron chi connectivity index (χ3n) is 3.44. The lowest BCUT2D eigenvalue weighted by Gasteiger charge is -2.19. The fraction of sp³-hybridized carbons (Fsp3) is 0.200. The number of fused-ring (bicyclic) bond motifs is 1. The lowest BCUT2D eigenvalue weighted by molar-refractivity contribution is -0.385. The van der Waals surface area contributed by atoms with Crippen LogP contribution in [0.2, 0.25) is 0 Å². The summed E-state index contributed by atoms with van der Waals surface area (Å²) in [5.74, 6) is -0.256. The van der Waals surface area contributed by atoms with Gasteiger partial charge in [-0.3, -0.25) is 24.6 Å². The van der Waals surface area contributed by atoms with Gasteiger partial charge in [0.1, 0.15) is 0 Å². The molecule has 8 heteroatoms. The summed E-state index contributed by atoms with van der Waals surface area (Å²) in [7, 11) is 0. The lowest BCUT2D eigenvalue weighted by Crippen LogP contribution is -2.37. The van der Waals surface area contributed by atoms with E-state index in [1.54, 1.807) is 6.08 Å². The van der Waals surface area contributed by atoms with E-state index in [4.69, 9.17) is 9.47 Å². The summed E-state index contributed by atoms with van der Waals surface area (Å²) >= 11 is 0. The van der Waals surface area contributed by atoms with Crippen LogP contribution in [0.3, 0.4) is 0 Å². The van der Waals surface area contributed by atoms with E-state index in [-0.39, 0.29) is 23.8 Å². The number of carbonyl (C=O) groups is 2. The van der Waals surface area contributed by atoms with Gasteiger partial charge < -0.3 is 9.47 Å². The van der Waals surface area contributed by atoms with Crippen molar-refractivity contribution in [2.45, 2.75) is 6.42 Å². The maximum Gasteiger partial charge on any atom is 0.280 e. The second kappa shape index (κ2) is 5.91. The average molecular weight is 316 g/mol. The first kappa shape index (κ1) is 14.8. The SMILES string of the molecule is O=C1C=CCCN1C(=O)/C=C/c1cc2c(cc1[N+](=O)[O-])OCO2. The van der Waals surface area contributed by atoms with Crippen molar-refractivity contribution in [3.63, 3.8) is 0 Å². The number of hydrogen-bond acceptors (Lipinski definition) is 6. The van der Waals surface area contributed by atoms with E-state index in [1.807, 2.05) is 0 Å². The van der Waals surface area contributed by atoms with Gasteiger partial charge in [0, 0.05) is 12.6 Å². The van der Waals surface area contributed by atoms with Gasteiger partial charge in [-0.15, -0.1) is 0 Å². The summed E-state index contributed by atoms with van der Waals surface area (Å²) in [5, 5.41) is 11.1. The first-order chi connectivity index (χ1) is 11.1. The van der Waals surface area contributed by atoms with E-state index in [1.165, 1.54) is 24.3 Å². The standard InChI is InChI=1S/C15H12N2O6/c18-14-3-1-2-6-16(14)15(19)5-4-10-7-12-13(23-9-22-12)8-11(10)17(20)21/h1,3-5,7-8H,2,6,9H2/b5-4+. The first-order valence-electron chi connectivity index (χ1n) is 6.84. The predicted octanol–water partition coefficient (Wildman–Crippen LogP) is 1.65. The van der Waals surface area contributed by atoms with E-state index < -0.39 is 16.7 Å². The lowest BCUT2D eigenvalue weighted by atomic mass is 10.1. The number of rotatable bonds is 3. The molecule has 0 saturated heterocycles. The number of hydrogen-bond donors (Lipinski definition) is 0. The molecule has 2 aliphatic rings. The molecule has 0 aromatic heterocycles. The minimum Gasteiger partial charge on any atom is -0.454 e. The molecule has 0 N–H and O–H groups in total. The zero-order valence-electron chi connectivity index (χ0n) is 11.9. The number of ether oxygens (including phenoxy) is 2. The summed E-state index contributed by atoms with van der Waals surface area (Å²) in [4.78, 5) is 35.3. The van der Waals surface area contributed by atoms with Crippen LogP contribution >= 0.6 is 0 Å². The topological polar surface area (TPSA) is 99.0 Å². The van der Waals surface area contributed by atoms with Gasteiger partial charge >= 0.3 is 0 Å². The molecule has 1 aromatic carbocycles. The van der Waals surface area contributed by atoms with Crippen molar-refractivity contribution >= 4 is 23.6 Å². The van der Waals surface area contributed by atoms with Gasteiger partial charge in [-0.05, 0) is 24.6 Å². The molecule has 0 aliphatic carbocycles. The molecule has 2 aliphatic heterocycles. The number of carbonyl (C=O) groups excluding carboxylic acids is 2. The Morgan fingerprint density at radius 1 is 1.30 bits per heavy atom. The van der Waals surface area contributed by atoms with E-state index in [9.17, 15) is 19.7 Å². The van der Waals surface area contributed by atoms with Crippen molar-refractivity contribution < 1.29 is 24.0 Å². The number of nitrogens with zero attached hydrogens (tertiary/aromatic N) is 2. The Hall–Kier alpha value is -3.16. The third kappa shape index (κ3) is 2.91. The maximum atomic E-state index is 12.1. The third-order valence-corrected chi connectivity index (χ3v) is 3.44. The number of nitro groups is 1. The zero-order chi connectivity index (χ0) is 16.4. The van der Waals surface area contributed by atoms with Crippen molar-refractivity contribution in [1.82, 2.24) is 4.90 Å². The minimum absolute atomic E-state index is 0.00675. The fourth-order valence-corrected chi connectivity index (χ4v) is 2.30. The molecule has 2 amide bonds. The minimum atomic E-state index is -0.569. The van der Waals surface area contributed by atoms with E-state index in [0.717, 1.165) is 11.0 Å². The Balaban J connectivity index is 1.87. The summed E-state index contributed by atoms with van der Waals surface area (Å²) < 4.78 is 10.3. The van der Waals surface area contributed by atoms with E-state index >= 15 is 0 Å². The van der Waals surface area contributed by atoms with Gasteiger partial charge in [0.2, 0.25) is 6.79 Å². The average Bonchev–Trinajstić information content (AvgIpc) is 2.99. The molecule has 0 bridgehead atoms. The smallest absolute Gasteiger partial charge is 0.280 e. The highest BCUT2D eigenvalue weighted by Crippen LogP contribution is 2.38. The molecule has 0 radical (unpaired) electrons. The van der Waals surface area contributed by atoms with Crippen molar-refractivity contribution in [2.75, 3.05) is 13.3 Å². The molecule has 0 atom stereocenters. The van der Waals surface area contributed by atoms with Crippen LogP contribution in [0.5, 0.6) is 11.5 Å². The van der Waals surface area contributed by atoms with Crippen LogP contribution in [0.25, 0.3) is 6.08 Å². The monoisotopic (exact) mass is 316 g/mol. The molecule has 0 spiro atoms. The predicted molar refractivity (Wildman–Crippen MR) is 78.7 cm³/mol. The molecule has 0 fully saturated rings. The van der Waals surface area contributed by atoms with Crippen LogP contribution in [0.4, 0.5) is 5.69 Å². The van der Waals surface area contributed by atoms with Gasteiger partial charge in [-0.25, -0.2) is 0 Å². The van der Waals surface area contributed by atoms with Crippen molar-refractivity contribution in [3.05, 3.63) is 46.0 Å². The highest BCUT2D eigenvalue weighted by Gasteiger charge is 2.23. The van der Waals surface area contributed by atoms with E-state index in [0.29, 0.717) is 18.7 Å². The zero-order valence-corrected chi connectivity index (χ0v) is 11.9. The van der Waals surface area contributed by atoms with Gasteiger partial charge in [0.25, 0.3) is 17.5 Å². The number of amides is 2. The summed E-state index contributed by atoms with van der Waals surface area (Å²) in [6.45, 7) is 0.287. The van der Waals surface area contributed by atoms with Gasteiger partial charge in [-0.1, -0.05) is 6.08 Å². The van der Waals surface area contributed by atoms with Gasteiger partial charge in [-0.2, -0.15) is 0 Å². The maximum absolute atomic E-state index is 12.1. The molecule has 0 saturated carbocycles. The Kier molecular flexibility index (Phi) is 3.80. The van der Waals surface area contributed by atoms with Crippen molar-refractivity contribution in [3.8, 4) is 11.5 Å². The molecule has 2 heterocycles. The van der Waals surface area contributed by atoms with Crippen LogP contribution in [-0.4, -0.2) is 35.0 Å². The number of nitro benzene ring substituents is 1. The first-order valence-corrected chi connectivity index (χ1v) is 6.84. The quantitative estimate of drug-likeness (QED) is 0.477. The summed E-state index contributed by atoms with van der Waals surface area (Å²) in [6, 6.07) is 2.68. The highest BCUT2D eigenvalue weighted by molar-refractivity contribution is 6.07. The highest BCUT2D eigenvalue weighted by atomic mass is 16.7. The Morgan fingerprint density at radius 3 is 2.74 bits per heavy atom. The Labute approximate surface area is 130 Å². The van der Waals surface area contributed by atoms with Crippen LogP contribution in [0, 0.1) is 10.1 Å². The van der Waals surface area contributed by atoms with Crippen LogP contribution in [-0.2, 0) is 9.59 Å². The summed E-state index contributed by atoms with van der Waals surface area (Å²) in [6.07, 6.45) is 6.06. The van der Waals surface area contributed by atoms with Crippen molar-refractivity contribution in [1.29, 1.82) is 0 Å². The summed E-state index contributed by atoms with van der Waals surface area (Å²) in [5.41, 5.74) is -0.00392. The molecular weight excluding hydrogens is 304 g/mol. The number of imide groups is 1. The molecule has 118 valence electrons. The molecule has 0 unspecified atom stereocenters. The molecule has 3 rings (SSSR count). The van der Waals surface area contributed by atoms with Crippen LogP contribution in [0.15, 0.2) is 30.4 Å². The van der Waals surface area contributed by atoms with Crippen molar-refractivity contribution in [2.24, 2.45) is 0 Å². The molecule has 1 aromatic rings. The van der Waals surface area contributed by atoms with E-state index in [2.05, 4.69) is 0 Å². The normalized spacial score (nSPS) is 16.2. The Bertz CT molecular complexity index is 753.